The van der Waals surface area contributed by atoms with Crippen LogP contribution in [0.2, 0.25) is 0 Å². The topological polar surface area (TPSA) is 78.9 Å². The number of unbranched alkanes of at least 4 members (excludes halogenated alkanes) is 15. The van der Waals surface area contributed by atoms with Gasteiger partial charge in [0, 0.05) is 19.3 Å². The predicted octanol–water partition coefficient (Wildman–Crippen LogP) is 13.0. The molecule has 1 atom stereocenters. The van der Waals surface area contributed by atoms with Gasteiger partial charge in [-0.25, -0.2) is 0 Å². The maximum atomic E-state index is 12.6. The Bertz CT molecular complexity index is 960. The van der Waals surface area contributed by atoms with Crippen LogP contribution in [0.4, 0.5) is 0 Å². The highest BCUT2D eigenvalue weighted by Gasteiger charge is 2.19. The molecule has 6 nitrogen and oxygen atoms in total. The van der Waals surface area contributed by atoms with Gasteiger partial charge in [0.15, 0.2) is 6.10 Å². The van der Waals surface area contributed by atoms with E-state index in [2.05, 4.69) is 69.4 Å². The minimum absolute atomic E-state index is 0.0999. The van der Waals surface area contributed by atoms with E-state index in [4.69, 9.17) is 14.2 Å². The standard InChI is InChI=1S/C45H76O6/c1-4-7-10-13-16-18-20-22-24-26-29-32-35-38-44(47)50-41-42(40-49-43(46)37-34-31-28-15-12-9-6-3)51-45(48)39-36-33-30-27-25-23-21-19-17-14-11-8-5-2/h7,10,16,18-19,21-22,24,29,32,42H,4-6,8-9,11-15,17,20,23,25-28,30-31,33-41H2,1-3H3/b10-7-,18-16-,21-19-,24-22-,32-29-. The Morgan fingerprint density at radius 2 is 0.804 bits per heavy atom. The van der Waals surface area contributed by atoms with Crippen LogP contribution >= 0.6 is 0 Å². The third kappa shape index (κ3) is 38.2. The van der Waals surface area contributed by atoms with Gasteiger partial charge in [0.05, 0.1) is 0 Å². The quantitative estimate of drug-likeness (QED) is 0.0278. The van der Waals surface area contributed by atoms with Crippen molar-refractivity contribution in [3.8, 4) is 0 Å². The molecule has 292 valence electrons. The van der Waals surface area contributed by atoms with Crippen molar-refractivity contribution in [1.82, 2.24) is 0 Å². The smallest absolute Gasteiger partial charge is 0.306 e. The summed E-state index contributed by atoms with van der Waals surface area (Å²) in [5.41, 5.74) is 0. The second-order valence-electron chi connectivity index (χ2n) is 13.5. The normalized spacial score (nSPS) is 12.6. The molecule has 0 spiro atoms. The highest BCUT2D eigenvalue weighted by atomic mass is 16.6. The first-order chi connectivity index (χ1) is 25.0. The van der Waals surface area contributed by atoms with Gasteiger partial charge < -0.3 is 14.2 Å². The molecule has 0 aromatic heterocycles. The third-order valence-corrected chi connectivity index (χ3v) is 8.52. The summed E-state index contributed by atoms with van der Waals surface area (Å²) in [5.74, 6) is -1.01. The van der Waals surface area contributed by atoms with Gasteiger partial charge in [0.25, 0.3) is 0 Å². The lowest BCUT2D eigenvalue weighted by Crippen LogP contribution is -2.30. The van der Waals surface area contributed by atoms with Crippen LogP contribution < -0.4 is 0 Å². The molecule has 0 aliphatic heterocycles. The highest BCUT2D eigenvalue weighted by Crippen LogP contribution is 2.12. The summed E-state index contributed by atoms with van der Waals surface area (Å²) in [4.78, 5) is 37.4. The molecule has 6 heteroatoms. The molecule has 0 heterocycles. The molecule has 0 aliphatic carbocycles. The molecule has 0 aromatic rings. The van der Waals surface area contributed by atoms with E-state index >= 15 is 0 Å². The van der Waals surface area contributed by atoms with Crippen LogP contribution in [-0.4, -0.2) is 37.2 Å². The molecule has 1 unspecified atom stereocenters. The summed E-state index contributed by atoms with van der Waals surface area (Å²) in [5, 5.41) is 0. The summed E-state index contributed by atoms with van der Waals surface area (Å²) in [6, 6.07) is 0. The van der Waals surface area contributed by atoms with Crippen LogP contribution in [0.15, 0.2) is 60.8 Å². The summed E-state index contributed by atoms with van der Waals surface area (Å²) >= 11 is 0. The van der Waals surface area contributed by atoms with Gasteiger partial charge in [-0.3, -0.25) is 14.4 Å². The van der Waals surface area contributed by atoms with Crippen molar-refractivity contribution in [2.75, 3.05) is 13.2 Å². The Balaban J connectivity index is 4.47. The molecule has 0 aromatic carbocycles. The molecule has 0 aliphatic rings. The molecule has 0 saturated carbocycles. The average Bonchev–Trinajstić information content (AvgIpc) is 3.12. The van der Waals surface area contributed by atoms with Crippen LogP contribution in [-0.2, 0) is 28.6 Å². The fourth-order valence-electron chi connectivity index (χ4n) is 5.39. The van der Waals surface area contributed by atoms with E-state index in [-0.39, 0.29) is 37.5 Å². The number of esters is 3. The zero-order chi connectivity index (χ0) is 37.3. The Kier molecular flexibility index (Phi) is 37.6. The van der Waals surface area contributed by atoms with Crippen molar-refractivity contribution >= 4 is 17.9 Å². The molecule has 0 saturated heterocycles. The van der Waals surface area contributed by atoms with E-state index in [0.717, 1.165) is 77.0 Å². The molecular formula is C45H76O6. The molecular weight excluding hydrogens is 636 g/mol. The molecule has 0 N–H and O–H groups in total. The average molecular weight is 713 g/mol. The van der Waals surface area contributed by atoms with E-state index in [1.165, 1.54) is 64.2 Å². The number of ether oxygens (including phenoxy) is 3. The van der Waals surface area contributed by atoms with Gasteiger partial charge >= 0.3 is 17.9 Å². The molecule has 0 rings (SSSR count). The van der Waals surface area contributed by atoms with Gasteiger partial charge in [-0.05, 0) is 70.6 Å². The maximum absolute atomic E-state index is 12.6. The minimum atomic E-state index is -0.800. The van der Waals surface area contributed by atoms with E-state index < -0.39 is 6.10 Å². The molecule has 0 amide bonds. The van der Waals surface area contributed by atoms with Gasteiger partial charge in [-0.2, -0.15) is 0 Å². The molecule has 0 bridgehead atoms. The lowest BCUT2D eigenvalue weighted by Gasteiger charge is -2.18. The summed E-state index contributed by atoms with van der Waals surface area (Å²) in [6.07, 6.45) is 46.5. The summed E-state index contributed by atoms with van der Waals surface area (Å²) < 4.78 is 16.5. The minimum Gasteiger partial charge on any atom is -0.462 e. The van der Waals surface area contributed by atoms with Crippen molar-refractivity contribution in [2.24, 2.45) is 0 Å². The van der Waals surface area contributed by atoms with Gasteiger partial charge in [0.2, 0.25) is 0 Å². The summed E-state index contributed by atoms with van der Waals surface area (Å²) in [7, 11) is 0. The van der Waals surface area contributed by atoms with Crippen LogP contribution in [0.1, 0.15) is 188 Å². The van der Waals surface area contributed by atoms with E-state index in [9.17, 15) is 14.4 Å². The SMILES string of the molecule is CC/C=C\C/C=C\C/C=C\C/C=C\CCC(=O)OCC(COC(=O)CCCCCCCCC)OC(=O)CCCCCCC/C=C\CCCCCC. The number of hydrogen-bond acceptors (Lipinski definition) is 6. The molecule has 0 radical (unpaired) electrons. The van der Waals surface area contributed by atoms with Crippen molar-refractivity contribution < 1.29 is 28.6 Å². The van der Waals surface area contributed by atoms with Crippen molar-refractivity contribution in [1.29, 1.82) is 0 Å². The van der Waals surface area contributed by atoms with Crippen LogP contribution in [0, 0.1) is 0 Å². The van der Waals surface area contributed by atoms with Crippen molar-refractivity contribution in [2.45, 2.75) is 194 Å². The first-order valence-electron chi connectivity index (χ1n) is 20.8. The summed E-state index contributed by atoms with van der Waals surface area (Å²) in [6.45, 7) is 6.36. The Labute approximate surface area is 313 Å². The van der Waals surface area contributed by atoms with E-state index in [1.807, 2.05) is 12.2 Å². The lowest BCUT2D eigenvalue weighted by atomic mass is 10.1. The zero-order valence-corrected chi connectivity index (χ0v) is 33.1. The fourth-order valence-corrected chi connectivity index (χ4v) is 5.39. The number of hydrogen-bond donors (Lipinski definition) is 0. The van der Waals surface area contributed by atoms with Gasteiger partial charge in [0.1, 0.15) is 13.2 Å². The first-order valence-corrected chi connectivity index (χ1v) is 20.8. The fraction of sp³-hybridized carbons (Fsp3) is 0.711. The predicted molar refractivity (Wildman–Crippen MR) is 215 cm³/mol. The number of allylic oxidation sites excluding steroid dienone is 10. The van der Waals surface area contributed by atoms with Crippen molar-refractivity contribution in [3.05, 3.63) is 60.8 Å². The number of rotatable bonds is 36. The molecule has 0 fully saturated rings. The van der Waals surface area contributed by atoms with Crippen LogP contribution in [0.25, 0.3) is 0 Å². The van der Waals surface area contributed by atoms with Crippen LogP contribution in [0.5, 0.6) is 0 Å². The second-order valence-corrected chi connectivity index (χ2v) is 13.5. The second kappa shape index (κ2) is 39.9. The monoisotopic (exact) mass is 713 g/mol. The first kappa shape index (κ1) is 48.1. The largest absolute Gasteiger partial charge is 0.462 e. The van der Waals surface area contributed by atoms with Gasteiger partial charge in [-0.15, -0.1) is 0 Å². The van der Waals surface area contributed by atoms with Gasteiger partial charge in [-0.1, -0.05) is 159 Å². The molecule has 51 heavy (non-hydrogen) atoms. The Morgan fingerprint density at radius 1 is 0.412 bits per heavy atom. The Morgan fingerprint density at radius 3 is 1.33 bits per heavy atom. The maximum Gasteiger partial charge on any atom is 0.306 e. The zero-order valence-electron chi connectivity index (χ0n) is 33.1. The van der Waals surface area contributed by atoms with Crippen LogP contribution in [0.3, 0.4) is 0 Å². The van der Waals surface area contributed by atoms with E-state index in [1.54, 1.807) is 0 Å². The third-order valence-electron chi connectivity index (χ3n) is 8.52. The number of carbonyl (C=O) groups is 3. The highest BCUT2D eigenvalue weighted by molar-refractivity contribution is 5.71. The number of carbonyl (C=O) groups excluding carboxylic acids is 3. The van der Waals surface area contributed by atoms with Crippen molar-refractivity contribution in [3.63, 3.8) is 0 Å². The Hall–Kier alpha value is -2.89. The lowest BCUT2D eigenvalue weighted by molar-refractivity contribution is -0.166. The van der Waals surface area contributed by atoms with E-state index in [0.29, 0.717) is 19.3 Å².